The molecule has 12 heavy (non-hydrogen) atoms. The van der Waals surface area contributed by atoms with Gasteiger partial charge in [0.05, 0.1) is 0 Å². The van der Waals surface area contributed by atoms with Crippen LogP contribution in [0.5, 0.6) is 0 Å². The van der Waals surface area contributed by atoms with Crippen molar-refractivity contribution >= 4 is 0 Å². The molecule has 0 aromatic heterocycles. The number of ether oxygens (including phenoxy) is 1. The Morgan fingerprint density at radius 2 is 2.25 bits per heavy atom. The first-order valence-electron chi connectivity index (χ1n) is 5.08. The van der Waals surface area contributed by atoms with Crippen LogP contribution in [0, 0.1) is 17.8 Å². The van der Waals surface area contributed by atoms with E-state index in [1.54, 1.807) is 7.11 Å². The molecule has 0 aromatic rings. The standard InChI is InChI=1S/C10H19NO/c1-12-10(11)6-9-5-7-2-3-8(9)4-7/h7-10H,2-6,11H2,1H3. The van der Waals surface area contributed by atoms with Gasteiger partial charge in [0.25, 0.3) is 0 Å². The van der Waals surface area contributed by atoms with E-state index in [4.69, 9.17) is 10.5 Å². The molecule has 2 rings (SSSR count). The van der Waals surface area contributed by atoms with E-state index in [1.165, 1.54) is 25.7 Å². The van der Waals surface area contributed by atoms with E-state index in [-0.39, 0.29) is 6.23 Å². The van der Waals surface area contributed by atoms with Gasteiger partial charge in [0, 0.05) is 7.11 Å². The highest BCUT2D eigenvalue weighted by atomic mass is 16.5. The fourth-order valence-electron chi connectivity index (χ4n) is 3.06. The summed E-state index contributed by atoms with van der Waals surface area (Å²) in [5.74, 6) is 2.89. The molecule has 0 spiro atoms. The predicted octanol–water partition coefficient (Wildman–Crippen LogP) is 1.74. The molecule has 2 N–H and O–H groups in total. The predicted molar refractivity (Wildman–Crippen MR) is 48.5 cm³/mol. The van der Waals surface area contributed by atoms with Gasteiger partial charge in [0.15, 0.2) is 0 Å². The van der Waals surface area contributed by atoms with Gasteiger partial charge in [0.2, 0.25) is 0 Å². The summed E-state index contributed by atoms with van der Waals surface area (Å²) < 4.78 is 5.10. The number of hydrogen-bond donors (Lipinski definition) is 1. The first-order chi connectivity index (χ1) is 5.79. The zero-order valence-corrected chi connectivity index (χ0v) is 7.83. The molecule has 2 aliphatic carbocycles. The molecule has 2 aliphatic rings. The lowest BCUT2D eigenvalue weighted by atomic mass is 9.86. The summed E-state index contributed by atoms with van der Waals surface area (Å²) in [5, 5.41) is 0. The van der Waals surface area contributed by atoms with Crippen LogP contribution in [0.4, 0.5) is 0 Å². The molecule has 0 amide bonds. The molecule has 0 aliphatic heterocycles. The van der Waals surface area contributed by atoms with Gasteiger partial charge in [-0.05, 0) is 43.4 Å². The average molecular weight is 169 g/mol. The molecule has 2 heteroatoms. The van der Waals surface area contributed by atoms with Crippen molar-refractivity contribution in [1.29, 1.82) is 0 Å². The zero-order chi connectivity index (χ0) is 8.55. The minimum Gasteiger partial charge on any atom is -0.367 e. The minimum absolute atomic E-state index is 0.0191. The third-order valence-corrected chi connectivity index (χ3v) is 3.72. The normalized spacial score (nSPS) is 42.0. The van der Waals surface area contributed by atoms with Crippen LogP contribution < -0.4 is 5.73 Å². The maximum atomic E-state index is 5.76. The minimum atomic E-state index is -0.0191. The summed E-state index contributed by atoms with van der Waals surface area (Å²) in [6, 6.07) is 0. The van der Waals surface area contributed by atoms with Crippen molar-refractivity contribution in [3.63, 3.8) is 0 Å². The summed E-state index contributed by atoms with van der Waals surface area (Å²) >= 11 is 0. The SMILES string of the molecule is COC(N)CC1CC2CCC1C2. The van der Waals surface area contributed by atoms with Crippen LogP contribution >= 0.6 is 0 Å². The van der Waals surface area contributed by atoms with Crippen molar-refractivity contribution < 1.29 is 4.74 Å². The van der Waals surface area contributed by atoms with Crippen molar-refractivity contribution in [2.24, 2.45) is 23.5 Å². The summed E-state index contributed by atoms with van der Waals surface area (Å²) in [4.78, 5) is 0. The first kappa shape index (κ1) is 8.52. The van der Waals surface area contributed by atoms with Gasteiger partial charge < -0.3 is 10.5 Å². The third-order valence-electron chi connectivity index (χ3n) is 3.72. The molecule has 2 fully saturated rings. The monoisotopic (exact) mass is 169 g/mol. The van der Waals surface area contributed by atoms with Crippen LogP contribution in [-0.2, 0) is 4.74 Å². The van der Waals surface area contributed by atoms with Crippen molar-refractivity contribution in [3.05, 3.63) is 0 Å². The van der Waals surface area contributed by atoms with E-state index in [9.17, 15) is 0 Å². The zero-order valence-electron chi connectivity index (χ0n) is 7.83. The lowest BCUT2D eigenvalue weighted by Gasteiger charge is -2.23. The van der Waals surface area contributed by atoms with E-state index in [1.807, 2.05) is 0 Å². The molecular formula is C10H19NO. The smallest absolute Gasteiger partial charge is 0.105 e. The number of methoxy groups -OCH3 is 1. The molecule has 4 atom stereocenters. The fraction of sp³-hybridized carbons (Fsp3) is 1.00. The van der Waals surface area contributed by atoms with Crippen LogP contribution in [0.1, 0.15) is 32.1 Å². The van der Waals surface area contributed by atoms with E-state index in [0.29, 0.717) is 0 Å². The van der Waals surface area contributed by atoms with Gasteiger partial charge in [-0.2, -0.15) is 0 Å². The van der Waals surface area contributed by atoms with Gasteiger partial charge in [-0.1, -0.05) is 6.42 Å². The Hall–Kier alpha value is -0.0800. The number of nitrogens with two attached hydrogens (primary N) is 1. The lowest BCUT2D eigenvalue weighted by molar-refractivity contribution is 0.0752. The molecular weight excluding hydrogens is 150 g/mol. The summed E-state index contributed by atoms with van der Waals surface area (Å²) in [7, 11) is 1.71. The van der Waals surface area contributed by atoms with Crippen molar-refractivity contribution in [1.82, 2.24) is 0 Å². The Bertz CT molecular complexity index is 160. The van der Waals surface area contributed by atoms with Gasteiger partial charge in [-0.15, -0.1) is 0 Å². The van der Waals surface area contributed by atoms with Crippen molar-refractivity contribution in [2.45, 2.75) is 38.3 Å². The maximum absolute atomic E-state index is 5.76. The number of hydrogen-bond acceptors (Lipinski definition) is 2. The van der Waals surface area contributed by atoms with Gasteiger partial charge in [-0.25, -0.2) is 0 Å². The quantitative estimate of drug-likeness (QED) is 0.653. The molecule has 0 heterocycles. The van der Waals surface area contributed by atoms with Crippen LogP contribution in [0.3, 0.4) is 0 Å². The summed E-state index contributed by atoms with van der Waals surface area (Å²) in [6.07, 6.45) is 6.88. The fourth-order valence-corrected chi connectivity index (χ4v) is 3.06. The molecule has 70 valence electrons. The summed E-state index contributed by atoms with van der Waals surface area (Å²) in [6.45, 7) is 0. The van der Waals surface area contributed by atoms with Gasteiger partial charge in [-0.3, -0.25) is 0 Å². The van der Waals surface area contributed by atoms with Gasteiger partial charge in [0.1, 0.15) is 6.23 Å². The van der Waals surface area contributed by atoms with Crippen LogP contribution in [0.2, 0.25) is 0 Å². The Morgan fingerprint density at radius 3 is 2.75 bits per heavy atom. The van der Waals surface area contributed by atoms with E-state index >= 15 is 0 Å². The molecule has 2 nitrogen and oxygen atoms in total. The van der Waals surface area contributed by atoms with E-state index in [0.717, 1.165) is 24.2 Å². The highest BCUT2D eigenvalue weighted by Gasteiger charge is 2.39. The van der Waals surface area contributed by atoms with E-state index in [2.05, 4.69) is 0 Å². The molecule has 4 unspecified atom stereocenters. The van der Waals surface area contributed by atoms with Crippen LogP contribution in [0.15, 0.2) is 0 Å². The third kappa shape index (κ3) is 1.50. The van der Waals surface area contributed by atoms with E-state index < -0.39 is 0 Å². The largest absolute Gasteiger partial charge is 0.367 e. The van der Waals surface area contributed by atoms with Crippen molar-refractivity contribution in [2.75, 3.05) is 7.11 Å². The second kappa shape index (κ2) is 3.35. The number of fused-ring (bicyclic) bond motifs is 2. The second-order valence-electron chi connectivity index (χ2n) is 4.44. The average Bonchev–Trinajstić information content (AvgIpc) is 2.64. The van der Waals surface area contributed by atoms with Crippen LogP contribution in [0.25, 0.3) is 0 Å². The Morgan fingerprint density at radius 1 is 1.42 bits per heavy atom. The first-order valence-corrected chi connectivity index (χ1v) is 5.08. The highest BCUT2D eigenvalue weighted by molar-refractivity contribution is 4.90. The van der Waals surface area contributed by atoms with Crippen LogP contribution in [-0.4, -0.2) is 13.3 Å². The number of rotatable bonds is 3. The Kier molecular flexibility index (Phi) is 2.37. The summed E-state index contributed by atoms with van der Waals surface area (Å²) in [5.41, 5.74) is 5.76. The molecule has 0 aromatic carbocycles. The second-order valence-corrected chi connectivity index (χ2v) is 4.44. The molecule has 2 saturated carbocycles. The topological polar surface area (TPSA) is 35.2 Å². The lowest BCUT2D eigenvalue weighted by Crippen LogP contribution is -2.27. The maximum Gasteiger partial charge on any atom is 0.105 e. The Balaban J connectivity index is 1.82. The van der Waals surface area contributed by atoms with Gasteiger partial charge >= 0.3 is 0 Å². The molecule has 2 bridgehead atoms. The Labute approximate surface area is 74.5 Å². The molecule has 0 saturated heterocycles. The molecule has 0 radical (unpaired) electrons. The highest BCUT2D eigenvalue weighted by Crippen LogP contribution is 2.49. The van der Waals surface area contributed by atoms with Crippen molar-refractivity contribution in [3.8, 4) is 0 Å².